The first-order valence-electron chi connectivity index (χ1n) is 8.62. The van der Waals surface area contributed by atoms with Gasteiger partial charge < -0.3 is 24.1 Å². The molecule has 6 nitrogen and oxygen atoms in total. The lowest BCUT2D eigenvalue weighted by Gasteiger charge is -2.36. The molecular weight excluding hydrogens is 324 g/mol. The number of benzene rings is 1. The van der Waals surface area contributed by atoms with Crippen molar-refractivity contribution >= 4 is 16.9 Å². The van der Waals surface area contributed by atoms with Gasteiger partial charge in [0.25, 0.3) is 0 Å². The third-order valence-electron chi connectivity index (χ3n) is 5.01. The number of aliphatic hydroxyl groups is 2. The van der Waals surface area contributed by atoms with Gasteiger partial charge in [-0.05, 0) is 50.3 Å². The highest BCUT2D eigenvalue weighted by molar-refractivity contribution is 5.88. The normalized spacial score (nSPS) is 23.6. The molecule has 136 valence electrons. The Bertz CT molecular complexity index is 755. The summed E-state index contributed by atoms with van der Waals surface area (Å²) >= 11 is 0. The minimum atomic E-state index is -1.04. The van der Waals surface area contributed by atoms with Crippen molar-refractivity contribution in [2.24, 2.45) is 5.92 Å². The van der Waals surface area contributed by atoms with Crippen LogP contribution >= 0.6 is 0 Å². The SMILES string of the molecule is CCOC(=O)C1CCC(O)(c2ccc(OC)c3oc(CO)cc23)CC1. The monoisotopic (exact) mass is 348 g/mol. The van der Waals surface area contributed by atoms with Crippen LogP contribution < -0.4 is 4.74 Å². The fourth-order valence-corrected chi connectivity index (χ4v) is 3.65. The summed E-state index contributed by atoms with van der Waals surface area (Å²) in [6.07, 6.45) is 2.09. The predicted octanol–water partition coefficient (Wildman–Crippen LogP) is 2.87. The number of furan rings is 1. The maximum Gasteiger partial charge on any atom is 0.308 e. The van der Waals surface area contributed by atoms with E-state index in [-0.39, 0.29) is 18.5 Å². The summed E-state index contributed by atoms with van der Waals surface area (Å²) in [5, 5.41) is 21.3. The van der Waals surface area contributed by atoms with Gasteiger partial charge in [-0.25, -0.2) is 0 Å². The highest BCUT2D eigenvalue weighted by Crippen LogP contribution is 2.44. The van der Waals surface area contributed by atoms with Crippen LogP contribution in [0.5, 0.6) is 5.75 Å². The van der Waals surface area contributed by atoms with Crippen molar-refractivity contribution < 1.29 is 28.9 Å². The minimum Gasteiger partial charge on any atom is -0.493 e. The molecule has 0 saturated heterocycles. The Morgan fingerprint density at radius 2 is 2.08 bits per heavy atom. The summed E-state index contributed by atoms with van der Waals surface area (Å²) < 4.78 is 16.1. The molecule has 0 atom stereocenters. The molecule has 0 unspecified atom stereocenters. The lowest BCUT2D eigenvalue weighted by atomic mass is 9.74. The second kappa shape index (κ2) is 7.06. The van der Waals surface area contributed by atoms with Gasteiger partial charge in [-0.1, -0.05) is 6.07 Å². The average molecular weight is 348 g/mol. The number of esters is 1. The molecule has 0 amide bonds. The molecule has 25 heavy (non-hydrogen) atoms. The van der Waals surface area contributed by atoms with E-state index in [0.29, 0.717) is 49.4 Å². The van der Waals surface area contributed by atoms with Gasteiger partial charge in [-0.15, -0.1) is 0 Å². The maximum absolute atomic E-state index is 11.9. The Morgan fingerprint density at radius 1 is 1.36 bits per heavy atom. The summed E-state index contributed by atoms with van der Waals surface area (Å²) in [4.78, 5) is 11.9. The molecule has 1 saturated carbocycles. The Hall–Kier alpha value is -2.05. The van der Waals surface area contributed by atoms with Crippen molar-refractivity contribution in [1.29, 1.82) is 0 Å². The van der Waals surface area contributed by atoms with Crippen molar-refractivity contribution in [1.82, 2.24) is 0 Å². The summed E-state index contributed by atoms with van der Waals surface area (Å²) in [6.45, 7) is 1.95. The van der Waals surface area contributed by atoms with Gasteiger partial charge >= 0.3 is 5.97 Å². The van der Waals surface area contributed by atoms with Crippen molar-refractivity contribution in [3.05, 3.63) is 29.5 Å². The van der Waals surface area contributed by atoms with Crippen LogP contribution in [-0.2, 0) is 21.7 Å². The number of hydrogen-bond acceptors (Lipinski definition) is 6. The van der Waals surface area contributed by atoms with Gasteiger partial charge in [0.1, 0.15) is 12.4 Å². The number of rotatable bonds is 5. The lowest BCUT2D eigenvalue weighted by molar-refractivity contribution is -0.151. The van der Waals surface area contributed by atoms with Crippen LogP contribution in [-0.4, -0.2) is 29.9 Å². The highest BCUT2D eigenvalue weighted by Gasteiger charge is 2.39. The highest BCUT2D eigenvalue weighted by atomic mass is 16.5. The first-order valence-corrected chi connectivity index (χ1v) is 8.62. The Balaban J connectivity index is 1.91. The fraction of sp³-hybridized carbons (Fsp3) is 0.526. The fourth-order valence-electron chi connectivity index (χ4n) is 3.65. The summed E-state index contributed by atoms with van der Waals surface area (Å²) in [6, 6.07) is 5.34. The van der Waals surface area contributed by atoms with E-state index in [9.17, 15) is 15.0 Å². The molecule has 2 N–H and O–H groups in total. The lowest BCUT2D eigenvalue weighted by Crippen LogP contribution is -2.34. The standard InChI is InChI=1S/C19H24O6/c1-3-24-18(21)12-6-8-19(22,9-7-12)15-4-5-16(23-2)17-14(15)10-13(11-20)25-17/h4-5,10,12,20,22H,3,6-9,11H2,1-2H3. The van der Waals surface area contributed by atoms with E-state index >= 15 is 0 Å². The zero-order chi connectivity index (χ0) is 18.0. The van der Waals surface area contributed by atoms with Crippen molar-refractivity contribution in [2.45, 2.75) is 44.8 Å². The van der Waals surface area contributed by atoms with Crippen LogP contribution in [0, 0.1) is 5.92 Å². The van der Waals surface area contributed by atoms with Crippen molar-refractivity contribution in [3.8, 4) is 5.75 Å². The van der Waals surface area contributed by atoms with E-state index in [1.807, 2.05) is 6.07 Å². The van der Waals surface area contributed by atoms with Gasteiger partial charge in [0, 0.05) is 5.39 Å². The van der Waals surface area contributed by atoms with Gasteiger partial charge in [0.05, 0.1) is 25.2 Å². The Morgan fingerprint density at radius 3 is 2.68 bits per heavy atom. The molecule has 2 aromatic rings. The molecule has 1 aliphatic rings. The van der Waals surface area contributed by atoms with E-state index < -0.39 is 5.60 Å². The molecule has 3 rings (SSSR count). The smallest absolute Gasteiger partial charge is 0.308 e. The summed E-state index contributed by atoms with van der Waals surface area (Å²) in [7, 11) is 1.55. The minimum absolute atomic E-state index is 0.161. The summed E-state index contributed by atoms with van der Waals surface area (Å²) in [5.41, 5.74) is 0.225. The largest absolute Gasteiger partial charge is 0.493 e. The first kappa shape index (κ1) is 17.8. The van der Waals surface area contributed by atoms with Crippen LogP contribution in [0.25, 0.3) is 11.0 Å². The number of aliphatic hydroxyl groups excluding tert-OH is 1. The van der Waals surface area contributed by atoms with Gasteiger partial charge in [-0.3, -0.25) is 4.79 Å². The topological polar surface area (TPSA) is 89.1 Å². The molecule has 1 aromatic heterocycles. The zero-order valence-corrected chi connectivity index (χ0v) is 14.6. The molecule has 0 radical (unpaired) electrons. The Labute approximate surface area is 146 Å². The number of hydrogen-bond donors (Lipinski definition) is 2. The quantitative estimate of drug-likeness (QED) is 0.808. The number of fused-ring (bicyclic) bond motifs is 1. The van der Waals surface area contributed by atoms with Crippen LogP contribution in [0.2, 0.25) is 0 Å². The maximum atomic E-state index is 11.9. The average Bonchev–Trinajstić information content (AvgIpc) is 3.05. The zero-order valence-electron chi connectivity index (χ0n) is 14.6. The van der Waals surface area contributed by atoms with Gasteiger partial charge in [0.15, 0.2) is 11.3 Å². The molecule has 6 heteroatoms. The second-order valence-electron chi connectivity index (χ2n) is 6.49. The molecule has 0 spiro atoms. The molecule has 1 aliphatic carbocycles. The van der Waals surface area contributed by atoms with E-state index in [4.69, 9.17) is 13.9 Å². The van der Waals surface area contributed by atoms with Crippen LogP contribution in [0.4, 0.5) is 0 Å². The van der Waals surface area contributed by atoms with Gasteiger partial charge in [0.2, 0.25) is 0 Å². The van der Waals surface area contributed by atoms with E-state index in [2.05, 4.69) is 0 Å². The van der Waals surface area contributed by atoms with Gasteiger partial charge in [-0.2, -0.15) is 0 Å². The van der Waals surface area contributed by atoms with Crippen molar-refractivity contribution in [2.75, 3.05) is 13.7 Å². The predicted molar refractivity (Wildman–Crippen MR) is 91.2 cm³/mol. The molecule has 1 heterocycles. The number of methoxy groups -OCH3 is 1. The third-order valence-corrected chi connectivity index (χ3v) is 5.01. The molecular formula is C19H24O6. The first-order chi connectivity index (χ1) is 12.0. The molecule has 0 bridgehead atoms. The van der Waals surface area contributed by atoms with Crippen molar-refractivity contribution in [3.63, 3.8) is 0 Å². The van der Waals surface area contributed by atoms with Crippen LogP contribution in [0.1, 0.15) is 43.9 Å². The van der Waals surface area contributed by atoms with E-state index in [1.165, 1.54) is 0 Å². The molecule has 1 aromatic carbocycles. The van der Waals surface area contributed by atoms with E-state index in [0.717, 1.165) is 10.9 Å². The third kappa shape index (κ3) is 3.24. The second-order valence-corrected chi connectivity index (χ2v) is 6.49. The Kier molecular flexibility index (Phi) is 5.01. The number of ether oxygens (including phenoxy) is 2. The van der Waals surface area contributed by atoms with Crippen LogP contribution in [0.3, 0.4) is 0 Å². The number of carbonyl (C=O) groups is 1. The summed E-state index contributed by atoms with van der Waals surface area (Å²) in [5.74, 6) is 0.633. The van der Waals surface area contributed by atoms with Crippen LogP contribution in [0.15, 0.2) is 22.6 Å². The molecule has 1 fully saturated rings. The van der Waals surface area contributed by atoms with E-state index in [1.54, 1.807) is 26.2 Å². The number of carbonyl (C=O) groups excluding carboxylic acids is 1. The molecule has 0 aliphatic heterocycles.